The highest BCUT2D eigenvalue weighted by Crippen LogP contribution is 2.24. The predicted molar refractivity (Wildman–Crippen MR) is 88.8 cm³/mol. The topological polar surface area (TPSA) is 29.9 Å². The average molecular weight is 306 g/mol. The maximum Gasteiger partial charge on any atom is 0.0521 e. The minimum Gasteiger partial charge on any atom is -0.310 e. The molecular formula is C17H24ClN3. The minimum atomic E-state index is 0.362. The van der Waals surface area contributed by atoms with E-state index < -0.39 is 0 Å². The molecule has 0 spiro atoms. The van der Waals surface area contributed by atoms with Crippen LogP contribution in [0.1, 0.15) is 42.5 Å². The van der Waals surface area contributed by atoms with Crippen LogP contribution in [0, 0.1) is 6.92 Å². The summed E-state index contributed by atoms with van der Waals surface area (Å²) in [5.41, 5.74) is 3.74. The van der Waals surface area contributed by atoms with E-state index in [0.29, 0.717) is 6.04 Å². The molecule has 2 aromatic rings. The van der Waals surface area contributed by atoms with Crippen LogP contribution in [0.3, 0.4) is 0 Å². The number of hydrogen-bond acceptors (Lipinski definition) is 2. The Balaban J connectivity index is 2.07. The Labute approximate surface area is 132 Å². The molecule has 0 fully saturated rings. The zero-order valence-electron chi connectivity index (χ0n) is 13.1. The van der Waals surface area contributed by atoms with Crippen LogP contribution < -0.4 is 5.32 Å². The molecule has 1 aromatic heterocycles. The van der Waals surface area contributed by atoms with E-state index in [1.165, 1.54) is 11.1 Å². The number of aromatic nitrogens is 2. The highest BCUT2D eigenvalue weighted by atomic mass is 35.5. The zero-order valence-corrected chi connectivity index (χ0v) is 13.8. The summed E-state index contributed by atoms with van der Waals surface area (Å²) in [6.45, 7) is 5.28. The smallest absolute Gasteiger partial charge is 0.0521 e. The molecule has 0 aliphatic carbocycles. The Morgan fingerprint density at radius 3 is 2.81 bits per heavy atom. The van der Waals surface area contributed by atoms with Crippen molar-refractivity contribution < 1.29 is 0 Å². The quantitative estimate of drug-likeness (QED) is 0.836. The molecule has 0 saturated carbocycles. The van der Waals surface area contributed by atoms with Crippen LogP contribution >= 0.6 is 11.6 Å². The van der Waals surface area contributed by atoms with Gasteiger partial charge in [-0.15, -0.1) is 0 Å². The molecule has 0 aliphatic heterocycles. The maximum absolute atomic E-state index is 6.13. The monoisotopic (exact) mass is 305 g/mol. The van der Waals surface area contributed by atoms with Crippen molar-refractivity contribution in [3.63, 3.8) is 0 Å². The van der Waals surface area contributed by atoms with Gasteiger partial charge in [0.25, 0.3) is 0 Å². The lowest BCUT2D eigenvalue weighted by molar-refractivity contribution is 0.499. The van der Waals surface area contributed by atoms with Gasteiger partial charge in [-0.2, -0.15) is 5.10 Å². The van der Waals surface area contributed by atoms with E-state index in [-0.39, 0.29) is 0 Å². The van der Waals surface area contributed by atoms with Gasteiger partial charge in [-0.25, -0.2) is 0 Å². The summed E-state index contributed by atoms with van der Waals surface area (Å²) in [5.74, 6) is 0. The van der Waals surface area contributed by atoms with E-state index >= 15 is 0 Å². The number of benzene rings is 1. The van der Waals surface area contributed by atoms with Crippen molar-refractivity contribution in [2.75, 3.05) is 6.54 Å². The maximum atomic E-state index is 6.13. The van der Waals surface area contributed by atoms with Gasteiger partial charge in [0, 0.05) is 24.3 Å². The lowest BCUT2D eigenvalue weighted by Gasteiger charge is -2.19. The largest absolute Gasteiger partial charge is 0.310 e. The van der Waals surface area contributed by atoms with Gasteiger partial charge in [0.2, 0.25) is 0 Å². The molecule has 0 bridgehead atoms. The first-order valence-electron chi connectivity index (χ1n) is 7.57. The molecular weight excluding hydrogens is 282 g/mol. The Morgan fingerprint density at radius 1 is 1.38 bits per heavy atom. The van der Waals surface area contributed by atoms with Crippen molar-refractivity contribution >= 4 is 11.6 Å². The summed E-state index contributed by atoms with van der Waals surface area (Å²) in [6, 6.07) is 6.68. The van der Waals surface area contributed by atoms with Crippen molar-refractivity contribution in [2.45, 2.75) is 39.2 Å². The second-order valence-electron chi connectivity index (χ2n) is 5.58. The lowest BCUT2D eigenvalue weighted by atomic mass is 9.98. The molecule has 1 heterocycles. The van der Waals surface area contributed by atoms with Crippen LogP contribution in [0.15, 0.2) is 30.6 Å². The van der Waals surface area contributed by atoms with Crippen molar-refractivity contribution in [2.24, 2.45) is 7.05 Å². The van der Waals surface area contributed by atoms with Crippen LogP contribution in [-0.2, 0) is 13.5 Å². The normalized spacial score (nSPS) is 12.6. The average Bonchev–Trinajstić information content (AvgIpc) is 2.88. The van der Waals surface area contributed by atoms with Crippen molar-refractivity contribution in [3.05, 3.63) is 52.3 Å². The molecule has 0 aliphatic rings. The first kappa shape index (κ1) is 16.1. The molecule has 0 amide bonds. The standard InChI is InChI=1S/C17H24ClN3/c1-4-9-19-17(8-5-14-11-20-21(3)12-14)15-6-7-16(18)13(2)10-15/h6-7,10-12,17,19H,4-5,8-9H2,1-3H3. The van der Waals surface area contributed by atoms with E-state index in [4.69, 9.17) is 11.6 Å². The first-order chi connectivity index (χ1) is 10.1. The molecule has 2 rings (SSSR count). The fourth-order valence-electron chi connectivity index (χ4n) is 2.50. The van der Waals surface area contributed by atoms with Gasteiger partial charge in [-0.05, 0) is 55.5 Å². The number of aryl methyl sites for hydroxylation is 3. The second kappa shape index (κ2) is 7.62. The van der Waals surface area contributed by atoms with Gasteiger partial charge in [-0.3, -0.25) is 4.68 Å². The van der Waals surface area contributed by atoms with E-state index in [0.717, 1.165) is 36.4 Å². The molecule has 1 N–H and O–H groups in total. The molecule has 1 atom stereocenters. The number of hydrogen-bond donors (Lipinski definition) is 1. The van der Waals surface area contributed by atoms with Crippen LogP contribution in [0.2, 0.25) is 5.02 Å². The van der Waals surface area contributed by atoms with Gasteiger partial charge < -0.3 is 5.32 Å². The fraction of sp³-hybridized carbons (Fsp3) is 0.471. The summed E-state index contributed by atoms with van der Waals surface area (Å²) >= 11 is 6.13. The fourth-order valence-corrected chi connectivity index (χ4v) is 2.62. The number of halogens is 1. The van der Waals surface area contributed by atoms with Crippen molar-refractivity contribution in [1.29, 1.82) is 0 Å². The van der Waals surface area contributed by atoms with Crippen molar-refractivity contribution in [3.8, 4) is 0 Å². The molecule has 0 saturated heterocycles. The Bertz CT molecular complexity index is 577. The van der Waals surface area contributed by atoms with Gasteiger partial charge in [-0.1, -0.05) is 30.7 Å². The molecule has 21 heavy (non-hydrogen) atoms. The van der Waals surface area contributed by atoms with Gasteiger partial charge >= 0.3 is 0 Å². The molecule has 114 valence electrons. The minimum absolute atomic E-state index is 0.362. The van der Waals surface area contributed by atoms with Crippen LogP contribution in [-0.4, -0.2) is 16.3 Å². The number of nitrogens with zero attached hydrogens (tertiary/aromatic N) is 2. The van der Waals surface area contributed by atoms with E-state index in [1.54, 1.807) is 0 Å². The number of nitrogens with one attached hydrogen (secondary N) is 1. The Morgan fingerprint density at radius 2 is 2.19 bits per heavy atom. The van der Waals surface area contributed by atoms with E-state index in [9.17, 15) is 0 Å². The third-order valence-corrected chi connectivity index (χ3v) is 4.13. The second-order valence-corrected chi connectivity index (χ2v) is 5.98. The predicted octanol–water partition coefficient (Wildman–Crippen LogP) is 4.06. The summed E-state index contributed by atoms with van der Waals surface area (Å²) in [6.07, 6.45) is 7.26. The zero-order chi connectivity index (χ0) is 15.2. The van der Waals surface area contributed by atoms with Crippen LogP contribution in [0.5, 0.6) is 0 Å². The molecule has 1 unspecified atom stereocenters. The summed E-state index contributed by atoms with van der Waals surface area (Å²) in [5, 5.41) is 8.71. The first-order valence-corrected chi connectivity index (χ1v) is 7.95. The van der Waals surface area contributed by atoms with E-state index in [1.807, 2.05) is 24.0 Å². The summed E-state index contributed by atoms with van der Waals surface area (Å²) in [7, 11) is 1.96. The van der Waals surface area contributed by atoms with E-state index in [2.05, 4.69) is 42.6 Å². The molecule has 1 aromatic carbocycles. The third-order valence-electron chi connectivity index (χ3n) is 3.71. The van der Waals surface area contributed by atoms with Gasteiger partial charge in [0.15, 0.2) is 0 Å². The highest BCUT2D eigenvalue weighted by molar-refractivity contribution is 6.31. The Kier molecular flexibility index (Phi) is 5.83. The molecule has 3 nitrogen and oxygen atoms in total. The summed E-state index contributed by atoms with van der Waals surface area (Å²) < 4.78 is 1.86. The van der Waals surface area contributed by atoms with Gasteiger partial charge in [0.05, 0.1) is 6.20 Å². The third kappa shape index (κ3) is 4.58. The van der Waals surface area contributed by atoms with Crippen LogP contribution in [0.4, 0.5) is 0 Å². The molecule has 0 radical (unpaired) electrons. The SMILES string of the molecule is CCCNC(CCc1cnn(C)c1)c1ccc(Cl)c(C)c1. The van der Waals surface area contributed by atoms with Gasteiger partial charge in [0.1, 0.15) is 0 Å². The molecule has 4 heteroatoms. The number of rotatable bonds is 7. The lowest BCUT2D eigenvalue weighted by Crippen LogP contribution is -2.22. The summed E-state index contributed by atoms with van der Waals surface area (Å²) in [4.78, 5) is 0. The van der Waals surface area contributed by atoms with Crippen molar-refractivity contribution in [1.82, 2.24) is 15.1 Å². The van der Waals surface area contributed by atoms with Crippen LogP contribution in [0.25, 0.3) is 0 Å². The highest BCUT2D eigenvalue weighted by Gasteiger charge is 2.12. The Hall–Kier alpha value is -1.32.